The molecule has 0 fully saturated rings. The Morgan fingerprint density at radius 1 is 1.25 bits per heavy atom. The zero-order chi connectivity index (χ0) is 14.1. The summed E-state index contributed by atoms with van der Waals surface area (Å²) >= 11 is 0. The van der Waals surface area contributed by atoms with Crippen molar-refractivity contribution >= 4 is 11.7 Å². The summed E-state index contributed by atoms with van der Waals surface area (Å²) in [5, 5.41) is 8.99. The van der Waals surface area contributed by atoms with E-state index in [0.29, 0.717) is 17.7 Å². The molecule has 0 aromatic heterocycles. The van der Waals surface area contributed by atoms with E-state index in [-0.39, 0.29) is 5.82 Å². The lowest BCUT2D eigenvalue weighted by Crippen LogP contribution is -2.20. The maximum Gasteiger partial charge on any atom is 0.335 e. The van der Waals surface area contributed by atoms with Crippen molar-refractivity contribution in [1.82, 2.24) is 0 Å². The number of benzene rings is 2. The van der Waals surface area contributed by atoms with Gasteiger partial charge in [0.05, 0.1) is 5.56 Å². The largest absolute Gasteiger partial charge is 0.478 e. The number of aromatic carboxylic acids is 1. The average molecular weight is 271 g/mol. The van der Waals surface area contributed by atoms with E-state index in [4.69, 9.17) is 5.11 Å². The predicted octanol–water partition coefficient (Wildman–Crippen LogP) is 3.09. The first-order chi connectivity index (χ1) is 9.65. The van der Waals surface area contributed by atoms with Gasteiger partial charge in [0.2, 0.25) is 0 Å². The molecule has 3 nitrogen and oxygen atoms in total. The predicted molar refractivity (Wildman–Crippen MR) is 74.6 cm³/mol. The quantitative estimate of drug-likeness (QED) is 0.932. The molecule has 0 atom stereocenters. The van der Waals surface area contributed by atoms with Gasteiger partial charge in [-0.15, -0.1) is 0 Å². The molecule has 0 unspecified atom stereocenters. The van der Waals surface area contributed by atoms with E-state index in [1.807, 2.05) is 12.1 Å². The second kappa shape index (κ2) is 4.96. The lowest BCUT2D eigenvalue weighted by atomic mass is 10.1. The number of rotatable bonds is 3. The molecule has 1 aliphatic rings. The summed E-state index contributed by atoms with van der Waals surface area (Å²) in [6, 6.07) is 11.9. The fourth-order valence-electron chi connectivity index (χ4n) is 2.60. The number of carbonyl (C=O) groups is 1. The Hall–Kier alpha value is -2.36. The normalized spacial score (nSPS) is 13.3. The van der Waals surface area contributed by atoms with Crippen molar-refractivity contribution in [3.05, 3.63) is 65.0 Å². The molecule has 0 radical (unpaired) electrons. The van der Waals surface area contributed by atoms with Gasteiger partial charge in [-0.3, -0.25) is 0 Å². The molecule has 0 amide bonds. The molecular formula is C16H14FNO2. The van der Waals surface area contributed by atoms with Gasteiger partial charge in [0.15, 0.2) is 0 Å². The fraction of sp³-hybridized carbons (Fsp3) is 0.188. The van der Waals surface area contributed by atoms with Crippen LogP contribution in [0, 0.1) is 5.82 Å². The second-order valence-electron chi connectivity index (χ2n) is 4.91. The van der Waals surface area contributed by atoms with Crippen LogP contribution in [0.1, 0.15) is 21.5 Å². The summed E-state index contributed by atoms with van der Waals surface area (Å²) < 4.78 is 13.7. The van der Waals surface area contributed by atoms with E-state index in [2.05, 4.69) is 4.90 Å². The second-order valence-corrected chi connectivity index (χ2v) is 4.91. The minimum Gasteiger partial charge on any atom is -0.478 e. The zero-order valence-corrected chi connectivity index (χ0v) is 10.8. The molecular weight excluding hydrogens is 257 g/mol. The van der Waals surface area contributed by atoms with Crippen LogP contribution < -0.4 is 4.90 Å². The SMILES string of the molecule is O=C(O)c1ccc2c(c1)CCN2Cc1ccccc1F. The van der Waals surface area contributed by atoms with Gasteiger partial charge in [-0.25, -0.2) is 9.18 Å². The minimum atomic E-state index is -0.916. The summed E-state index contributed by atoms with van der Waals surface area (Å²) in [5.41, 5.74) is 2.97. The van der Waals surface area contributed by atoms with Crippen molar-refractivity contribution in [2.45, 2.75) is 13.0 Å². The van der Waals surface area contributed by atoms with Crippen LogP contribution in [0.3, 0.4) is 0 Å². The number of carboxylic acid groups (broad SMARTS) is 1. The highest BCUT2D eigenvalue weighted by Crippen LogP contribution is 2.30. The molecule has 2 aromatic rings. The third-order valence-electron chi connectivity index (χ3n) is 3.64. The summed E-state index contributed by atoms with van der Waals surface area (Å²) in [4.78, 5) is 13.0. The van der Waals surface area contributed by atoms with Crippen LogP contribution in [-0.4, -0.2) is 17.6 Å². The van der Waals surface area contributed by atoms with Crippen LogP contribution in [-0.2, 0) is 13.0 Å². The molecule has 4 heteroatoms. The van der Waals surface area contributed by atoms with Gasteiger partial charge in [-0.1, -0.05) is 18.2 Å². The highest BCUT2D eigenvalue weighted by Gasteiger charge is 2.21. The van der Waals surface area contributed by atoms with E-state index in [1.165, 1.54) is 6.07 Å². The lowest BCUT2D eigenvalue weighted by molar-refractivity contribution is 0.0697. The van der Waals surface area contributed by atoms with Gasteiger partial charge < -0.3 is 10.0 Å². The van der Waals surface area contributed by atoms with Crippen molar-refractivity contribution in [1.29, 1.82) is 0 Å². The highest BCUT2D eigenvalue weighted by molar-refractivity contribution is 5.88. The number of hydrogen-bond donors (Lipinski definition) is 1. The fourth-order valence-corrected chi connectivity index (χ4v) is 2.60. The Balaban J connectivity index is 1.87. The number of halogens is 1. The van der Waals surface area contributed by atoms with Crippen molar-refractivity contribution in [3.63, 3.8) is 0 Å². The number of hydrogen-bond acceptors (Lipinski definition) is 2. The van der Waals surface area contributed by atoms with E-state index in [9.17, 15) is 9.18 Å². The highest BCUT2D eigenvalue weighted by atomic mass is 19.1. The standard InChI is InChI=1S/C16H14FNO2/c17-14-4-2-1-3-13(14)10-18-8-7-11-9-12(16(19)20)5-6-15(11)18/h1-6,9H,7-8,10H2,(H,19,20). The molecule has 1 aliphatic heterocycles. The Bertz CT molecular complexity index is 669. The Morgan fingerprint density at radius 2 is 2.05 bits per heavy atom. The van der Waals surface area contributed by atoms with Crippen LogP contribution in [0.5, 0.6) is 0 Å². The van der Waals surface area contributed by atoms with Gasteiger partial charge in [0.1, 0.15) is 5.82 Å². The van der Waals surface area contributed by atoms with Crippen LogP contribution in [0.15, 0.2) is 42.5 Å². The van der Waals surface area contributed by atoms with E-state index in [0.717, 1.165) is 24.2 Å². The third kappa shape index (κ3) is 2.25. The Kier molecular flexibility index (Phi) is 3.14. The van der Waals surface area contributed by atoms with Crippen molar-refractivity contribution in [2.24, 2.45) is 0 Å². The first-order valence-corrected chi connectivity index (χ1v) is 6.50. The monoisotopic (exact) mass is 271 g/mol. The molecule has 0 saturated carbocycles. The maximum atomic E-state index is 13.7. The molecule has 102 valence electrons. The first kappa shape index (κ1) is 12.7. The van der Waals surface area contributed by atoms with Crippen molar-refractivity contribution in [3.8, 4) is 0 Å². The van der Waals surface area contributed by atoms with Crippen LogP contribution >= 0.6 is 0 Å². The topological polar surface area (TPSA) is 40.5 Å². The van der Waals surface area contributed by atoms with Gasteiger partial charge >= 0.3 is 5.97 Å². The molecule has 0 saturated heterocycles. The molecule has 2 aromatic carbocycles. The minimum absolute atomic E-state index is 0.205. The number of anilines is 1. The smallest absolute Gasteiger partial charge is 0.335 e. The zero-order valence-electron chi connectivity index (χ0n) is 10.8. The molecule has 20 heavy (non-hydrogen) atoms. The van der Waals surface area contributed by atoms with Gasteiger partial charge in [-0.05, 0) is 36.2 Å². The average Bonchev–Trinajstić information content (AvgIpc) is 2.84. The van der Waals surface area contributed by atoms with Gasteiger partial charge in [-0.2, -0.15) is 0 Å². The van der Waals surface area contributed by atoms with Crippen molar-refractivity contribution in [2.75, 3.05) is 11.4 Å². The Labute approximate surface area is 116 Å². The summed E-state index contributed by atoms with van der Waals surface area (Å²) in [7, 11) is 0. The molecule has 0 spiro atoms. The van der Waals surface area contributed by atoms with Crippen LogP contribution in [0.2, 0.25) is 0 Å². The summed E-state index contributed by atoms with van der Waals surface area (Å²) in [5.74, 6) is -1.12. The Morgan fingerprint density at radius 3 is 2.80 bits per heavy atom. The van der Waals surface area contributed by atoms with Crippen LogP contribution in [0.25, 0.3) is 0 Å². The molecule has 0 aliphatic carbocycles. The molecule has 0 bridgehead atoms. The molecule has 1 N–H and O–H groups in total. The van der Waals surface area contributed by atoms with Gasteiger partial charge in [0, 0.05) is 24.3 Å². The van der Waals surface area contributed by atoms with Crippen LogP contribution in [0.4, 0.5) is 10.1 Å². The van der Waals surface area contributed by atoms with Crippen molar-refractivity contribution < 1.29 is 14.3 Å². The summed E-state index contributed by atoms with van der Waals surface area (Å²) in [6.45, 7) is 1.29. The van der Waals surface area contributed by atoms with Gasteiger partial charge in [0.25, 0.3) is 0 Å². The number of carboxylic acids is 1. The molecule has 3 rings (SSSR count). The first-order valence-electron chi connectivity index (χ1n) is 6.50. The third-order valence-corrected chi connectivity index (χ3v) is 3.64. The number of nitrogens with zero attached hydrogens (tertiary/aromatic N) is 1. The number of fused-ring (bicyclic) bond motifs is 1. The van der Waals surface area contributed by atoms with E-state index >= 15 is 0 Å². The van der Waals surface area contributed by atoms with E-state index < -0.39 is 5.97 Å². The van der Waals surface area contributed by atoms with E-state index in [1.54, 1.807) is 24.3 Å². The lowest BCUT2D eigenvalue weighted by Gasteiger charge is -2.19. The molecule has 1 heterocycles. The maximum absolute atomic E-state index is 13.7. The summed E-state index contributed by atoms with van der Waals surface area (Å²) in [6.07, 6.45) is 0.797.